The van der Waals surface area contributed by atoms with E-state index in [0.717, 1.165) is 30.3 Å². The molecule has 14 heavy (non-hydrogen) atoms. The molecule has 0 fully saturated rings. The highest BCUT2D eigenvalue weighted by atomic mass is 16.4. The minimum absolute atomic E-state index is 0.590. The van der Waals surface area contributed by atoms with Gasteiger partial charge in [0.25, 0.3) is 0 Å². The molecule has 0 heterocycles. The van der Waals surface area contributed by atoms with E-state index in [4.69, 9.17) is 10.8 Å². The highest BCUT2D eigenvalue weighted by Gasteiger charge is 2.11. The van der Waals surface area contributed by atoms with E-state index >= 15 is 0 Å². The van der Waals surface area contributed by atoms with Gasteiger partial charge in [-0.25, -0.2) is 0 Å². The fourth-order valence-electron chi connectivity index (χ4n) is 1.25. The van der Waals surface area contributed by atoms with E-state index < -0.39 is 12.0 Å². The van der Waals surface area contributed by atoms with Crippen molar-refractivity contribution >= 4 is 5.97 Å². The fraction of sp³-hybridized carbons (Fsp3) is 0.900. The molecule has 0 aromatic carbocycles. The zero-order valence-electron chi connectivity index (χ0n) is 9.49. The molecule has 0 aliphatic heterocycles. The van der Waals surface area contributed by atoms with Crippen LogP contribution in [0.5, 0.6) is 0 Å². The van der Waals surface area contributed by atoms with Gasteiger partial charge in [0.2, 0.25) is 0 Å². The van der Waals surface area contributed by atoms with Gasteiger partial charge in [-0.1, -0.05) is 6.42 Å². The lowest BCUT2D eigenvalue weighted by molar-refractivity contribution is -0.870. The lowest BCUT2D eigenvalue weighted by Crippen LogP contribution is -2.35. The highest BCUT2D eigenvalue weighted by molar-refractivity contribution is 5.72. The molecule has 0 amide bonds. The zero-order valence-corrected chi connectivity index (χ0v) is 9.49. The number of hydrogen-bond acceptors (Lipinski definition) is 2. The number of nitrogens with zero attached hydrogens (tertiary/aromatic N) is 1. The minimum atomic E-state index is -0.892. The Morgan fingerprint density at radius 1 is 1.29 bits per heavy atom. The topological polar surface area (TPSA) is 63.3 Å². The maximum absolute atomic E-state index is 10.4. The van der Waals surface area contributed by atoms with Crippen molar-refractivity contribution in [2.24, 2.45) is 5.73 Å². The van der Waals surface area contributed by atoms with Crippen molar-refractivity contribution in [1.29, 1.82) is 0 Å². The lowest BCUT2D eigenvalue weighted by atomic mass is 10.1. The first kappa shape index (κ1) is 13.4. The molecule has 0 rings (SSSR count). The van der Waals surface area contributed by atoms with Crippen LogP contribution < -0.4 is 5.73 Å². The van der Waals surface area contributed by atoms with Crippen LogP contribution in [-0.2, 0) is 4.79 Å². The highest BCUT2D eigenvalue weighted by Crippen LogP contribution is 2.04. The van der Waals surface area contributed by atoms with Crippen LogP contribution in [0.3, 0.4) is 0 Å². The fourth-order valence-corrected chi connectivity index (χ4v) is 1.25. The number of nitrogens with two attached hydrogens (primary N) is 1. The summed E-state index contributed by atoms with van der Waals surface area (Å²) in [6, 6.07) is -0.681. The second-order valence-electron chi connectivity index (χ2n) is 4.81. The van der Waals surface area contributed by atoms with Crippen LogP contribution in [0.2, 0.25) is 0 Å². The second-order valence-corrected chi connectivity index (χ2v) is 4.81. The molecule has 84 valence electrons. The Balaban J connectivity index is 3.35. The van der Waals surface area contributed by atoms with Crippen LogP contribution in [0.1, 0.15) is 25.7 Å². The van der Waals surface area contributed by atoms with E-state index in [9.17, 15) is 4.79 Å². The molecular formula is C10H23N2O2+. The third-order valence-electron chi connectivity index (χ3n) is 2.16. The van der Waals surface area contributed by atoms with E-state index in [0.29, 0.717) is 6.42 Å². The Bertz CT molecular complexity index is 175. The van der Waals surface area contributed by atoms with Crippen LogP contribution in [0.4, 0.5) is 0 Å². The SMILES string of the molecule is C[N+](C)(C)CCCCC[C@H](N)C(=O)O. The molecule has 0 spiro atoms. The van der Waals surface area contributed by atoms with Gasteiger partial charge in [-0.15, -0.1) is 0 Å². The first-order valence-corrected chi connectivity index (χ1v) is 5.12. The van der Waals surface area contributed by atoms with Crippen LogP contribution >= 0.6 is 0 Å². The zero-order chi connectivity index (χ0) is 11.2. The van der Waals surface area contributed by atoms with E-state index in [1.165, 1.54) is 0 Å². The quantitative estimate of drug-likeness (QED) is 0.472. The van der Waals surface area contributed by atoms with Gasteiger partial charge in [0, 0.05) is 0 Å². The number of hydrogen-bond donors (Lipinski definition) is 2. The third kappa shape index (κ3) is 8.01. The number of quaternary nitrogens is 1. The maximum atomic E-state index is 10.4. The van der Waals surface area contributed by atoms with Gasteiger partial charge in [0.15, 0.2) is 0 Å². The summed E-state index contributed by atoms with van der Waals surface area (Å²) in [5.41, 5.74) is 5.38. The maximum Gasteiger partial charge on any atom is 0.320 e. The van der Waals surface area contributed by atoms with Gasteiger partial charge in [-0.3, -0.25) is 4.79 Å². The normalized spacial score (nSPS) is 14.0. The molecule has 0 aliphatic carbocycles. The third-order valence-corrected chi connectivity index (χ3v) is 2.16. The predicted molar refractivity (Wildman–Crippen MR) is 57.0 cm³/mol. The van der Waals surface area contributed by atoms with Crippen molar-refractivity contribution in [3.63, 3.8) is 0 Å². The van der Waals surface area contributed by atoms with Gasteiger partial charge in [0.05, 0.1) is 27.7 Å². The number of aliphatic carboxylic acids is 1. The predicted octanol–water partition coefficient (Wildman–Crippen LogP) is 0.665. The summed E-state index contributed by atoms with van der Waals surface area (Å²) in [5, 5.41) is 8.54. The van der Waals surface area contributed by atoms with Gasteiger partial charge in [-0.2, -0.15) is 0 Å². The Morgan fingerprint density at radius 2 is 1.86 bits per heavy atom. The Hall–Kier alpha value is -0.610. The summed E-state index contributed by atoms with van der Waals surface area (Å²) in [6.45, 7) is 1.13. The molecule has 0 radical (unpaired) electrons. The van der Waals surface area contributed by atoms with Gasteiger partial charge in [0.1, 0.15) is 6.04 Å². The van der Waals surface area contributed by atoms with Crippen molar-refractivity contribution in [1.82, 2.24) is 0 Å². The molecule has 0 aromatic heterocycles. The summed E-state index contributed by atoms with van der Waals surface area (Å²) in [7, 11) is 6.47. The molecule has 0 saturated heterocycles. The number of rotatable bonds is 7. The van der Waals surface area contributed by atoms with E-state index in [-0.39, 0.29) is 0 Å². The van der Waals surface area contributed by atoms with Crippen molar-refractivity contribution in [3.05, 3.63) is 0 Å². The van der Waals surface area contributed by atoms with Gasteiger partial charge < -0.3 is 15.3 Å². The number of unbranched alkanes of at least 4 members (excludes halogenated alkanes) is 2. The minimum Gasteiger partial charge on any atom is -0.480 e. The van der Waals surface area contributed by atoms with Gasteiger partial charge in [-0.05, 0) is 19.3 Å². The standard InChI is InChI=1S/C10H22N2O2/c1-12(2,3)8-6-4-5-7-9(11)10(13)14/h9H,4-8,11H2,1-3H3/p+1/t9-/m0/s1. The summed E-state index contributed by atoms with van der Waals surface area (Å²) in [6.07, 6.45) is 3.70. The van der Waals surface area contributed by atoms with E-state index in [1.807, 2.05) is 0 Å². The van der Waals surface area contributed by atoms with Crippen LogP contribution in [0.15, 0.2) is 0 Å². The molecule has 0 aliphatic rings. The molecule has 4 nitrogen and oxygen atoms in total. The second kappa shape index (κ2) is 5.98. The first-order valence-electron chi connectivity index (χ1n) is 5.12. The molecule has 0 aromatic rings. The molecule has 1 atom stereocenters. The monoisotopic (exact) mass is 203 g/mol. The Morgan fingerprint density at radius 3 is 2.29 bits per heavy atom. The van der Waals surface area contributed by atoms with Crippen LogP contribution in [0.25, 0.3) is 0 Å². The molecule has 4 heteroatoms. The largest absolute Gasteiger partial charge is 0.480 e. The Kier molecular flexibility index (Phi) is 5.72. The molecule has 0 bridgehead atoms. The number of carboxylic acid groups (broad SMARTS) is 1. The molecule has 3 N–H and O–H groups in total. The Labute approximate surface area is 86.3 Å². The average Bonchev–Trinajstić information content (AvgIpc) is 2.01. The van der Waals surface area contributed by atoms with Crippen LogP contribution in [0, 0.1) is 0 Å². The average molecular weight is 203 g/mol. The summed E-state index contributed by atoms with van der Waals surface area (Å²) in [4.78, 5) is 10.4. The van der Waals surface area contributed by atoms with Crippen molar-refractivity contribution in [3.8, 4) is 0 Å². The lowest BCUT2D eigenvalue weighted by Gasteiger charge is -2.23. The van der Waals surface area contributed by atoms with Crippen molar-refractivity contribution in [2.45, 2.75) is 31.7 Å². The van der Waals surface area contributed by atoms with E-state index in [1.54, 1.807) is 0 Å². The van der Waals surface area contributed by atoms with Gasteiger partial charge >= 0.3 is 5.97 Å². The van der Waals surface area contributed by atoms with Crippen molar-refractivity contribution in [2.75, 3.05) is 27.7 Å². The van der Waals surface area contributed by atoms with Crippen molar-refractivity contribution < 1.29 is 14.4 Å². The first-order chi connectivity index (χ1) is 6.33. The summed E-state index contributed by atoms with van der Waals surface area (Å²) < 4.78 is 0.963. The number of carbonyl (C=O) groups is 1. The summed E-state index contributed by atoms with van der Waals surface area (Å²) >= 11 is 0. The molecule has 0 unspecified atom stereocenters. The number of carboxylic acids is 1. The summed E-state index contributed by atoms with van der Waals surface area (Å²) in [5.74, 6) is -0.892. The van der Waals surface area contributed by atoms with Crippen LogP contribution in [-0.4, -0.2) is 49.3 Å². The molecule has 0 saturated carbocycles. The molecular weight excluding hydrogens is 180 g/mol. The smallest absolute Gasteiger partial charge is 0.320 e. The van der Waals surface area contributed by atoms with E-state index in [2.05, 4.69) is 21.1 Å².